The van der Waals surface area contributed by atoms with Crippen molar-refractivity contribution in [3.63, 3.8) is 0 Å². The van der Waals surface area contributed by atoms with Gasteiger partial charge in [0.25, 0.3) is 0 Å². The highest BCUT2D eigenvalue weighted by Gasteiger charge is 2.25. The van der Waals surface area contributed by atoms with Crippen LogP contribution in [0.2, 0.25) is 0 Å². The Kier molecular flexibility index (Phi) is 5.05. The molecular weight excluding hydrogens is 221 g/mol. The van der Waals surface area contributed by atoms with Crippen LogP contribution < -0.4 is 5.32 Å². The lowest BCUT2D eigenvalue weighted by atomic mass is 9.98. The molecular formula is C13H20FNO2. The quantitative estimate of drug-likeness (QED) is 0.802. The number of methoxy groups -OCH3 is 2. The number of ether oxygens (including phenoxy) is 2. The molecule has 0 aliphatic carbocycles. The van der Waals surface area contributed by atoms with E-state index >= 15 is 0 Å². The molecule has 0 aromatic heterocycles. The van der Waals surface area contributed by atoms with Gasteiger partial charge in [-0.05, 0) is 38.1 Å². The maximum absolute atomic E-state index is 14.0. The third-order valence-electron chi connectivity index (χ3n) is 2.84. The maximum Gasteiger partial charge on any atom is 0.176 e. The van der Waals surface area contributed by atoms with Crippen molar-refractivity contribution < 1.29 is 13.9 Å². The molecule has 0 amide bonds. The van der Waals surface area contributed by atoms with Gasteiger partial charge >= 0.3 is 0 Å². The third kappa shape index (κ3) is 3.03. The molecule has 4 heteroatoms. The SMILES string of the molecule is CNC(c1c(C)cc(C)cc1F)C(OC)OC. The number of nitrogens with one attached hydrogen (secondary N) is 1. The van der Waals surface area contributed by atoms with Gasteiger partial charge in [0.2, 0.25) is 0 Å². The van der Waals surface area contributed by atoms with Crippen LogP contribution in [0.5, 0.6) is 0 Å². The van der Waals surface area contributed by atoms with Crippen LogP contribution in [0.4, 0.5) is 4.39 Å². The molecule has 0 saturated heterocycles. The van der Waals surface area contributed by atoms with Crippen molar-refractivity contribution in [1.29, 1.82) is 0 Å². The molecule has 1 N–H and O–H groups in total. The molecule has 1 rings (SSSR count). The smallest absolute Gasteiger partial charge is 0.176 e. The van der Waals surface area contributed by atoms with Crippen LogP contribution in [0.25, 0.3) is 0 Å². The molecule has 1 unspecified atom stereocenters. The first-order valence-electron chi connectivity index (χ1n) is 5.54. The number of halogens is 1. The molecule has 0 aliphatic rings. The summed E-state index contributed by atoms with van der Waals surface area (Å²) >= 11 is 0. The molecule has 0 saturated carbocycles. The van der Waals surface area contributed by atoms with Gasteiger partial charge in [-0.15, -0.1) is 0 Å². The topological polar surface area (TPSA) is 30.5 Å². The molecule has 3 nitrogen and oxygen atoms in total. The van der Waals surface area contributed by atoms with Gasteiger partial charge in [-0.3, -0.25) is 0 Å². The zero-order valence-electron chi connectivity index (χ0n) is 11.0. The Morgan fingerprint density at radius 1 is 1.18 bits per heavy atom. The van der Waals surface area contributed by atoms with E-state index in [4.69, 9.17) is 9.47 Å². The average molecular weight is 241 g/mol. The van der Waals surface area contributed by atoms with Gasteiger partial charge in [0.05, 0.1) is 6.04 Å². The summed E-state index contributed by atoms with van der Waals surface area (Å²) in [6.45, 7) is 3.76. The van der Waals surface area contributed by atoms with E-state index in [0.717, 1.165) is 11.1 Å². The van der Waals surface area contributed by atoms with Crippen LogP contribution in [0.1, 0.15) is 22.7 Å². The standard InChI is InChI=1S/C13H20FNO2/c1-8-6-9(2)11(10(14)7-8)12(15-3)13(16-4)17-5/h6-7,12-13,15H,1-5H3. The van der Waals surface area contributed by atoms with Crippen LogP contribution in [0.3, 0.4) is 0 Å². The number of rotatable bonds is 5. The predicted molar refractivity (Wildman–Crippen MR) is 65.5 cm³/mol. The second kappa shape index (κ2) is 6.10. The molecule has 0 bridgehead atoms. The lowest BCUT2D eigenvalue weighted by Gasteiger charge is -2.26. The Bertz CT molecular complexity index is 355. The number of hydrogen-bond donors (Lipinski definition) is 1. The first-order valence-corrected chi connectivity index (χ1v) is 5.54. The van der Waals surface area contributed by atoms with Crippen LogP contribution in [0, 0.1) is 19.7 Å². The Morgan fingerprint density at radius 2 is 1.76 bits per heavy atom. The van der Waals surface area contributed by atoms with Gasteiger partial charge in [0.1, 0.15) is 5.82 Å². The van der Waals surface area contributed by atoms with Gasteiger partial charge in [-0.25, -0.2) is 4.39 Å². The van der Waals surface area contributed by atoms with Gasteiger partial charge in [-0.1, -0.05) is 6.07 Å². The fourth-order valence-electron chi connectivity index (χ4n) is 2.11. The summed E-state index contributed by atoms with van der Waals surface area (Å²) in [4.78, 5) is 0. The van der Waals surface area contributed by atoms with Gasteiger partial charge < -0.3 is 14.8 Å². The highest BCUT2D eigenvalue weighted by atomic mass is 19.1. The maximum atomic E-state index is 14.0. The second-order valence-corrected chi connectivity index (χ2v) is 4.08. The van der Waals surface area contributed by atoms with Crippen molar-refractivity contribution >= 4 is 0 Å². The molecule has 96 valence electrons. The van der Waals surface area contributed by atoms with E-state index in [1.807, 2.05) is 19.9 Å². The number of hydrogen-bond acceptors (Lipinski definition) is 3. The summed E-state index contributed by atoms with van der Waals surface area (Å²) < 4.78 is 24.4. The Labute approximate surface area is 102 Å². The van der Waals surface area contributed by atoms with Crippen molar-refractivity contribution in [1.82, 2.24) is 5.32 Å². The van der Waals surface area contributed by atoms with Crippen molar-refractivity contribution in [2.24, 2.45) is 0 Å². The summed E-state index contributed by atoms with van der Waals surface area (Å²) in [5, 5.41) is 3.03. The Hall–Kier alpha value is -0.970. The largest absolute Gasteiger partial charge is 0.354 e. The minimum atomic E-state index is -0.518. The van der Waals surface area contributed by atoms with Gasteiger partial charge in [0, 0.05) is 19.8 Å². The average Bonchev–Trinajstić information content (AvgIpc) is 2.27. The molecule has 0 heterocycles. The summed E-state index contributed by atoms with van der Waals surface area (Å²) in [7, 11) is 4.84. The molecule has 1 aromatic rings. The fourth-order valence-corrected chi connectivity index (χ4v) is 2.11. The molecule has 17 heavy (non-hydrogen) atoms. The summed E-state index contributed by atoms with van der Waals surface area (Å²) in [6.07, 6.45) is -0.518. The minimum Gasteiger partial charge on any atom is -0.354 e. The van der Waals surface area contributed by atoms with E-state index in [1.54, 1.807) is 21.3 Å². The lowest BCUT2D eigenvalue weighted by Crippen LogP contribution is -2.33. The van der Waals surface area contributed by atoms with Crippen LogP contribution in [-0.2, 0) is 9.47 Å². The van der Waals surface area contributed by atoms with Crippen molar-refractivity contribution in [3.05, 3.63) is 34.6 Å². The third-order valence-corrected chi connectivity index (χ3v) is 2.84. The van der Waals surface area contributed by atoms with Crippen molar-refractivity contribution in [2.75, 3.05) is 21.3 Å². The zero-order valence-corrected chi connectivity index (χ0v) is 11.0. The van der Waals surface area contributed by atoms with Crippen LogP contribution in [-0.4, -0.2) is 27.6 Å². The van der Waals surface area contributed by atoms with Gasteiger partial charge in [0.15, 0.2) is 6.29 Å². The van der Waals surface area contributed by atoms with Crippen LogP contribution in [0.15, 0.2) is 12.1 Å². The molecule has 0 radical (unpaired) electrons. The van der Waals surface area contributed by atoms with Gasteiger partial charge in [-0.2, -0.15) is 0 Å². The number of aryl methyl sites for hydroxylation is 2. The van der Waals surface area contributed by atoms with Crippen molar-refractivity contribution in [3.8, 4) is 0 Å². The fraction of sp³-hybridized carbons (Fsp3) is 0.538. The number of benzene rings is 1. The molecule has 0 aliphatic heterocycles. The summed E-state index contributed by atoms with van der Waals surface area (Å²) in [6, 6.07) is 3.14. The molecule has 0 spiro atoms. The number of likely N-dealkylation sites (N-methyl/N-ethyl adjacent to an activating group) is 1. The molecule has 1 atom stereocenters. The molecule has 0 fully saturated rings. The summed E-state index contributed by atoms with van der Waals surface area (Å²) in [5.74, 6) is -0.235. The Balaban J connectivity index is 3.20. The normalized spacial score (nSPS) is 13.1. The molecule has 1 aromatic carbocycles. The van der Waals surface area contributed by atoms with E-state index in [1.165, 1.54) is 6.07 Å². The van der Waals surface area contributed by atoms with E-state index in [2.05, 4.69) is 5.32 Å². The minimum absolute atomic E-state index is 0.235. The van der Waals surface area contributed by atoms with E-state index in [9.17, 15) is 4.39 Å². The predicted octanol–water partition coefficient (Wildman–Crippen LogP) is 2.32. The van der Waals surface area contributed by atoms with E-state index < -0.39 is 6.29 Å². The first kappa shape index (κ1) is 14.1. The zero-order chi connectivity index (χ0) is 13.0. The Morgan fingerprint density at radius 3 is 2.18 bits per heavy atom. The first-order chi connectivity index (χ1) is 8.04. The van der Waals surface area contributed by atoms with Crippen LogP contribution >= 0.6 is 0 Å². The monoisotopic (exact) mass is 241 g/mol. The summed E-state index contributed by atoms with van der Waals surface area (Å²) in [5.41, 5.74) is 2.39. The highest BCUT2D eigenvalue weighted by Crippen LogP contribution is 2.26. The van der Waals surface area contributed by atoms with E-state index in [0.29, 0.717) is 5.56 Å². The second-order valence-electron chi connectivity index (χ2n) is 4.08. The highest BCUT2D eigenvalue weighted by molar-refractivity contribution is 5.34. The van der Waals surface area contributed by atoms with E-state index in [-0.39, 0.29) is 11.9 Å². The lowest BCUT2D eigenvalue weighted by molar-refractivity contribution is -0.123. The van der Waals surface area contributed by atoms with Crippen molar-refractivity contribution in [2.45, 2.75) is 26.2 Å².